The van der Waals surface area contributed by atoms with Gasteiger partial charge in [0.2, 0.25) is 0 Å². The van der Waals surface area contributed by atoms with Crippen molar-refractivity contribution in [1.29, 1.82) is 0 Å². The van der Waals surface area contributed by atoms with Gasteiger partial charge in [-0.25, -0.2) is 4.68 Å². The maximum absolute atomic E-state index is 11.9. The first-order chi connectivity index (χ1) is 8.97. The number of hydrogen-bond acceptors (Lipinski definition) is 4. The summed E-state index contributed by atoms with van der Waals surface area (Å²) in [7, 11) is 0. The van der Waals surface area contributed by atoms with Crippen molar-refractivity contribution in [1.82, 2.24) is 20.3 Å². The summed E-state index contributed by atoms with van der Waals surface area (Å²) < 4.78 is 7.26. The summed E-state index contributed by atoms with van der Waals surface area (Å²) in [4.78, 5) is 11.9. The van der Waals surface area contributed by atoms with E-state index in [4.69, 9.17) is 4.74 Å². The van der Waals surface area contributed by atoms with Crippen molar-refractivity contribution in [2.45, 2.75) is 51.7 Å². The Balaban J connectivity index is 1.87. The minimum Gasteiger partial charge on any atom is -0.376 e. The highest BCUT2D eigenvalue weighted by atomic mass is 16.5. The summed E-state index contributed by atoms with van der Waals surface area (Å²) >= 11 is 0. The van der Waals surface area contributed by atoms with Crippen LogP contribution in [0, 0.1) is 0 Å². The van der Waals surface area contributed by atoms with E-state index >= 15 is 0 Å². The van der Waals surface area contributed by atoms with Gasteiger partial charge in [-0.3, -0.25) is 4.79 Å². The van der Waals surface area contributed by atoms with Crippen LogP contribution in [0.25, 0.3) is 0 Å². The lowest BCUT2D eigenvalue weighted by Crippen LogP contribution is -2.35. The van der Waals surface area contributed by atoms with Gasteiger partial charge in [-0.2, -0.15) is 0 Å². The maximum atomic E-state index is 11.9. The molecule has 0 spiro atoms. The molecular formula is C13H22N4O2. The number of nitrogens with zero attached hydrogens (tertiary/aromatic N) is 3. The van der Waals surface area contributed by atoms with E-state index in [1.807, 2.05) is 20.8 Å². The first-order valence-corrected chi connectivity index (χ1v) is 6.79. The monoisotopic (exact) mass is 266 g/mol. The molecule has 0 bridgehead atoms. The quantitative estimate of drug-likeness (QED) is 0.896. The van der Waals surface area contributed by atoms with Crippen molar-refractivity contribution >= 4 is 5.91 Å². The molecule has 1 amide bonds. The molecule has 2 heterocycles. The van der Waals surface area contributed by atoms with E-state index in [1.54, 1.807) is 10.9 Å². The molecule has 1 aliphatic rings. The summed E-state index contributed by atoms with van der Waals surface area (Å²) in [5.74, 6) is -0.190. The number of nitrogens with one attached hydrogen (secondary N) is 1. The Hall–Kier alpha value is -1.43. The van der Waals surface area contributed by atoms with E-state index in [9.17, 15) is 4.79 Å². The number of aromatic nitrogens is 3. The second-order valence-electron chi connectivity index (χ2n) is 5.92. The van der Waals surface area contributed by atoms with Crippen molar-refractivity contribution in [3.63, 3.8) is 0 Å². The summed E-state index contributed by atoms with van der Waals surface area (Å²) in [5.41, 5.74) is 0.184. The average molecular weight is 266 g/mol. The SMILES string of the molecule is CC(C)(C)n1cc(C(=O)NCC2CCCCO2)nn1. The van der Waals surface area contributed by atoms with Crippen LogP contribution in [0.3, 0.4) is 0 Å². The van der Waals surface area contributed by atoms with Gasteiger partial charge in [0.1, 0.15) is 0 Å². The van der Waals surface area contributed by atoms with Gasteiger partial charge in [0.25, 0.3) is 5.91 Å². The van der Waals surface area contributed by atoms with E-state index in [1.165, 1.54) is 6.42 Å². The normalized spacial score (nSPS) is 20.3. The average Bonchev–Trinajstić information content (AvgIpc) is 2.87. The molecule has 1 atom stereocenters. The van der Waals surface area contributed by atoms with Crippen LogP contribution in [0.1, 0.15) is 50.5 Å². The van der Waals surface area contributed by atoms with Crippen LogP contribution in [0.5, 0.6) is 0 Å². The fourth-order valence-electron chi connectivity index (χ4n) is 1.96. The van der Waals surface area contributed by atoms with Crippen molar-refractivity contribution in [2.75, 3.05) is 13.2 Å². The predicted octanol–water partition coefficient (Wildman–Crippen LogP) is 1.33. The molecule has 6 nitrogen and oxygen atoms in total. The number of carbonyl (C=O) groups is 1. The molecule has 2 rings (SSSR count). The number of carbonyl (C=O) groups excluding carboxylic acids is 1. The lowest BCUT2D eigenvalue weighted by Gasteiger charge is -2.22. The van der Waals surface area contributed by atoms with E-state index in [-0.39, 0.29) is 17.6 Å². The van der Waals surface area contributed by atoms with Crippen LogP contribution in [0.2, 0.25) is 0 Å². The van der Waals surface area contributed by atoms with Crippen molar-refractivity contribution < 1.29 is 9.53 Å². The Bertz CT molecular complexity index is 430. The van der Waals surface area contributed by atoms with Crippen LogP contribution in [0.15, 0.2) is 6.20 Å². The maximum Gasteiger partial charge on any atom is 0.273 e. The highest BCUT2D eigenvalue weighted by molar-refractivity contribution is 5.91. The molecule has 0 saturated carbocycles. The Morgan fingerprint density at radius 1 is 1.53 bits per heavy atom. The third-order valence-corrected chi connectivity index (χ3v) is 3.18. The highest BCUT2D eigenvalue weighted by Gasteiger charge is 2.19. The van der Waals surface area contributed by atoms with Crippen LogP contribution in [-0.2, 0) is 10.3 Å². The summed E-state index contributed by atoms with van der Waals surface area (Å²) in [5, 5.41) is 10.7. The Morgan fingerprint density at radius 2 is 2.32 bits per heavy atom. The molecule has 1 saturated heterocycles. The summed E-state index contributed by atoms with van der Waals surface area (Å²) in [6.45, 7) is 7.37. The Morgan fingerprint density at radius 3 is 2.89 bits per heavy atom. The number of hydrogen-bond donors (Lipinski definition) is 1. The van der Waals surface area contributed by atoms with Crippen LogP contribution in [-0.4, -0.2) is 40.2 Å². The Kier molecular flexibility index (Phi) is 4.19. The molecule has 106 valence electrons. The lowest BCUT2D eigenvalue weighted by molar-refractivity contribution is 0.0168. The van der Waals surface area contributed by atoms with Crippen LogP contribution < -0.4 is 5.32 Å². The van der Waals surface area contributed by atoms with Gasteiger partial charge < -0.3 is 10.1 Å². The zero-order valence-corrected chi connectivity index (χ0v) is 11.8. The molecule has 1 N–H and O–H groups in total. The highest BCUT2D eigenvalue weighted by Crippen LogP contribution is 2.13. The topological polar surface area (TPSA) is 69.0 Å². The zero-order chi connectivity index (χ0) is 13.9. The third-order valence-electron chi connectivity index (χ3n) is 3.18. The van der Waals surface area contributed by atoms with Gasteiger partial charge in [0.15, 0.2) is 5.69 Å². The van der Waals surface area contributed by atoms with Gasteiger partial charge in [-0.1, -0.05) is 5.21 Å². The van der Waals surface area contributed by atoms with Gasteiger partial charge in [-0.15, -0.1) is 5.10 Å². The molecule has 1 aromatic rings. The molecule has 1 aliphatic heterocycles. The molecular weight excluding hydrogens is 244 g/mol. The first-order valence-electron chi connectivity index (χ1n) is 6.79. The van der Waals surface area contributed by atoms with Crippen molar-refractivity contribution in [3.8, 4) is 0 Å². The predicted molar refractivity (Wildman–Crippen MR) is 70.9 cm³/mol. The van der Waals surface area contributed by atoms with Crippen molar-refractivity contribution in [3.05, 3.63) is 11.9 Å². The molecule has 0 aliphatic carbocycles. The van der Waals surface area contributed by atoms with E-state index in [2.05, 4.69) is 15.6 Å². The minimum atomic E-state index is -0.190. The molecule has 0 aromatic carbocycles. The smallest absolute Gasteiger partial charge is 0.273 e. The molecule has 0 radical (unpaired) electrons. The lowest BCUT2D eigenvalue weighted by atomic mass is 10.1. The third kappa shape index (κ3) is 3.76. The number of rotatable bonds is 3. The van der Waals surface area contributed by atoms with E-state index in [0.717, 1.165) is 19.4 Å². The van der Waals surface area contributed by atoms with Crippen molar-refractivity contribution in [2.24, 2.45) is 0 Å². The zero-order valence-electron chi connectivity index (χ0n) is 11.8. The van der Waals surface area contributed by atoms with Gasteiger partial charge >= 0.3 is 0 Å². The number of amides is 1. The fraction of sp³-hybridized carbons (Fsp3) is 0.769. The van der Waals surface area contributed by atoms with Gasteiger partial charge in [-0.05, 0) is 40.0 Å². The van der Waals surface area contributed by atoms with Crippen LogP contribution >= 0.6 is 0 Å². The second kappa shape index (κ2) is 5.69. The summed E-state index contributed by atoms with van der Waals surface area (Å²) in [6.07, 6.45) is 5.10. The largest absolute Gasteiger partial charge is 0.376 e. The molecule has 1 aromatic heterocycles. The van der Waals surface area contributed by atoms with Gasteiger partial charge in [0.05, 0.1) is 17.8 Å². The molecule has 1 fully saturated rings. The standard InChI is InChI=1S/C13H22N4O2/c1-13(2,3)17-9-11(15-16-17)12(18)14-8-10-6-4-5-7-19-10/h9-10H,4-8H2,1-3H3,(H,14,18). The van der Waals surface area contributed by atoms with Gasteiger partial charge in [0, 0.05) is 13.2 Å². The fourth-order valence-corrected chi connectivity index (χ4v) is 1.96. The second-order valence-corrected chi connectivity index (χ2v) is 5.92. The molecule has 6 heteroatoms. The minimum absolute atomic E-state index is 0.135. The van der Waals surface area contributed by atoms with Crippen LogP contribution in [0.4, 0.5) is 0 Å². The summed E-state index contributed by atoms with van der Waals surface area (Å²) in [6, 6.07) is 0. The Labute approximate surface area is 113 Å². The van der Waals surface area contributed by atoms with E-state index < -0.39 is 0 Å². The van der Waals surface area contributed by atoms with E-state index in [0.29, 0.717) is 12.2 Å². The first kappa shape index (κ1) is 14.0. The molecule has 1 unspecified atom stereocenters. The molecule has 19 heavy (non-hydrogen) atoms. The number of ether oxygens (including phenoxy) is 1.